The second-order valence-electron chi connectivity index (χ2n) is 9.03. The van der Waals surface area contributed by atoms with Gasteiger partial charge in [0.05, 0.1) is 4.91 Å². The number of imide groups is 1. The van der Waals surface area contributed by atoms with E-state index in [0.717, 1.165) is 63.9 Å². The lowest BCUT2D eigenvalue weighted by Gasteiger charge is -2.38. The van der Waals surface area contributed by atoms with Gasteiger partial charge in [-0.05, 0) is 92.8 Å². The molecule has 0 aliphatic carbocycles. The highest BCUT2D eigenvalue weighted by Crippen LogP contribution is 2.43. The van der Waals surface area contributed by atoms with Gasteiger partial charge < -0.3 is 19.9 Å². The van der Waals surface area contributed by atoms with Crippen molar-refractivity contribution >= 4 is 29.0 Å². The summed E-state index contributed by atoms with van der Waals surface area (Å²) in [6.45, 7) is 9.87. The van der Waals surface area contributed by atoms with E-state index in [2.05, 4.69) is 17.6 Å². The molecule has 0 spiro atoms. The van der Waals surface area contributed by atoms with Gasteiger partial charge in [-0.1, -0.05) is 12.1 Å². The van der Waals surface area contributed by atoms with E-state index in [9.17, 15) is 14.7 Å². The molecule has 1 fully saturated rings. The minimum atomic E-state index is -0.362. The zero-order chi connectivity index (χ0) is 24.5. The van der Waals surface area contributed by atoms with E-state index in [1.807, 2.05) is 45.0 Å². The van der Waals surface area contributed by atoms with E-state index in [1.54, 1.807) is 6.08 Å². The molecular weight excluding hydrogens is 452 g/mol. The summed E-state index contributed by atoms with van der Waals surface area (Å²) in [5.74, 6) is 1.66. The van der Waals surface area contributed by atoms with Gasteiger partial charge in [0.1, 0.15) is 29.5 Å². The fourth-order valence-corrected chi connectivity index (χ4v) is 4.93. The highest BCUT2D eigenvalue weighted by atomic mass is 32.2. The topological polar surface area (TPSA) is 96.9 Å². The number of aromatic hydroxyl groups is 1. The van der Waals surface area contributed by atoms with Crippen LogP contribution in [0.2, 0.25) is 0 Å². The maximum Gasteiger partial charge on any atom is 0.290 e. The van der Waals surface area contributed by atoms with Crippen molar-refractivity contribution in [1.29, 1.82) is 0 Å². The Hall–Kier alpha value is -2.97. The Kier molecular flexibility index (Phi) is 6.91. The number of phenols is 1. The van der Waals surface area contributed by atoms with Crippen LogP contribution < -0.4 is 20.1 Å². The van der Waals surface area contributed by atoms with E-state index in [-0.39, 0.29) is 16.7 Å². The highest BCUT2D eigenvalue weighted by molar-refractivity contribution is 8.18. The van der Waals surface area contributed by atoms with E-state index in [4.69, 9.17) is 9.47 Å². The van der Waals surface area contributed by atoms with E-state index in [0.29, 0.717) is 30.4 Å². The van der Waals surface area contributed by atoms with Crippen LogP contribution in [0.25, 0.3) is 6.08 Å². The Morgan fingerprint density at radius 3 is 2.59 bits per heavy atom. The molecule has 1 atom stereocenters. The van der Waals surface area contributed by atoms with Crippen LogP contribution in [0.3, 0.4) is 0 Å². The summed E-state index contributed by atoms with van der Waals surface area (Å²) < 4.78 is 12.3. The molecule has 34 heavy (non-hydrogen) atoms. The molecule has 2 aromatic rings. The van der Waals surface area contributed by atoms with Crippen LogP contribution in [0.15, 0.2) is 29.2 Å². The third kappa shape index (κ3) is 5.08. The molecule has 0 saturated carbocycles. The molecule has 180 valence electrons. The van der Waals surface area contributed by atoms with Crippen LogP contribution in [0.4, 0.5) is 4.79 Å². The average molecular weight is 483 g/mol. The Bertz CT molecular complexity index is 1160. The first kappa shape index (κ1) is 24.2. The Morgan fingerprint density at radius 2 is 1.91 bits per heavy atom. The number of amides is 2. The summed E-state index contributed by atoms with van der Waals surface area (Å²) in [5.41, 5.74) is 4.42. The Morgan fingerprint density at radius 1 is 1.18 bits per heavy atom. The molecule has 1 saturated heterocycles. The van der Waals surface area contributed by atoms with Gasteiger partial charge in [0, 0.05) is 18.7 Å². The summed E-state index contributed by atoms with van der Waals surface area (Å²) in [4.78, 5) is 23.3. The fourth-order valence-electron chi connectivity index (χ4n) is 4.25. The number of ether oxygens (including phenoxy) is 2. The summed E-state index contributed by atoms with van der Waals surface area (Å²) in [6.07, 6.45) is 3.43. The zero-order valence-corrected chi connectivity index (χ0v) is 20.7. The average Bonchev–Trinajstić information content (AvgIpc) is 3.13. The van der Waals surface area contributed by atoms with E-state index >= 15 is 0 Å². The molecule has 4 rings (SSSR count). The second kappa shape index (κ2) is 9.72. The van der Waals surface area contributed by atoms with Crippen LogP contribution in [0, 0.1) is 20.8 Å². The lowest BCUT2D eigenvalue weighted by Crippen LogP contribution is -2.46. The molecule has 1 unspecified atom stereocenters. The van der Waals surface area contributed by atoms with Gasteiger partial charge in [0.2, 0.25) is 0 Å². The van der Waals surface area contributed by atoms with E-state index < -0.39 is 0 Å². The molecular formula is C26H30N2O5S. The van der Waals surface area contributed by atoms with Crippen LogP contribution in [-0.4, -0.2) is 41.6 Å². The number of nitrogens with one attached hydrogen (secondary N) is 2. The lowest BCUT2D eigenvalue weighted by atomic mass is 9.87. The smallest absolute Gasteiger partial charge is 0.290 e. The van der Waals surface area contributed by atoms with Gasteiger partial charge in [-0.3, -0.25) is 14.9 Å². The number of fused-ring (bicyclic) bond motifs is 1. The summed E-state index contributed by atoms with van der Waals surface area (Å²) in [5, 5.41) is 15.7. The van der Waals surface area contributed by atoms with E-state index in [1.165, 1.54) is 0 Å². The standard InChI is InChI=1S/C26H30N2O5S/c1-15-16(2)23-20(17(3)22(15)29)9-10-26(4,33-23)14-27-11-12-32-19-7-5-18(6-8-19)13-21-24(30)28-25(31)34-21/h5-8,13,27,29H,9-12,14H2,1-4H3,(H,28,30,31)/b21-13-. The van der Waals surface area contributed by atoms with Gasteiger partial charge in [-0.15, -0.1) is 0 Å². The fraction of sp³-hybridized carbons (Fsp3) is 0.385. The van der Waals surface area contributed by atoms with Gasteiger partial charge in [-0.25, -0.2) is 0 Å². The zero-order valence-electron chi connectivity index (χ0n) is 19.9. The number of carbonyl (C=O) groups is 2. The molecule has 2 heterocycles. The molecule has 2 amide bonds. The van der Waals surface area contributed by atoms with Crippen molar-refractivity contribution in [3.63, 3.8) is 0 Å². The first-order chi connectivity index (χ1) is 16.2. The molecule has 0 aromatic heterocycles. The number of benzene rings is 2. The third-order valence-electron chi connectivity index (χ3n) is 6.46. The van der Waals surface area contributed by atoms with Gasteiger partial charge in [0.15, 0.2) is 0 Å². The summed E-state index contributed by atoms with van der Waals surface area (Å²) in [7, 11) is 0. The SMILES string of the molecule is Cc1c(C)c2c(c(C)c1O)CCC(C)(CNCCOc1ccc(/C=C3\SC(=O)NC3=O)cc1)O2. The first-order valence-corrected chi connectivity index (χ1v) is 12.2. The number of thioether (sulfide) groups is 1. The van der Waals surface area contributed by atoms with Gasteiger partial charge in [-0.2, -0.15) is 0 Å². The van der Waals surface area contributed by atoms with Crippen LogP contribution in [0.5, 0.6) is 17.2 Å². The van der Waals surface area contributed by atoms with Crippen molar-refractivity contribution in [3.05, 3.63) is 57.0 Å². The minimum Gasteiger partial charge on any atom is -0.507 e. The van der Waals surface area contributed by atoms with Crippen LogP contribution in [-0.2, 0) is 11.2 Å². The van der Waals surface area contributed by atoms with Crippen molar-refractivity contribution in [2.75, 3.05) is 19.7 Å². The molecule has 8 heteroatoms. The molecule has 0 radical (unpaired) electrons. The highest BCUT2D eigenvalue weighted by Gasteiger charge is 2.34. The minimum absolute atomic E-state index is 0.325. The van der Waals surface area contributed by atoms with Crippen molar-refractivity contribution < 1.29 is 24.2 Å². The number of rotatable bonds is 7. The largest absolute Gasteiger partial charge is 0.507 e. The quantitative estimate of drug-likeness (QED) is 0.398. The Labute approximate surface area is 203 Å². The molecule has 2 aliphatic heterocycles. The molecule has 7 nitrogen and oxygen atoms in total. The first-order valence-electron chi connectivity index (χ1n) is 11.4. The van der Waals surface area contributed by atoms with Gasteiger partial charge in [0.25, 0.3) is 11.1 Å². The van der Waals surface area contributed by atoms with Crippen LogP contribution >= 0.6 is 11.8 Å². The maximum absolute atomic E-state index is 11.6. The van der Waals surface area contributed by atoms with Crippen molar-refractivity contribution in [3.8, 4) is 17.2 Å². The molecule has 2 aromatic carbocycles. The maximum atomic E-state index is 11.6. The molecule has 0 bridgehead atoms. The van der Waals surface area contributed by atoms with Crippen molar-refractivity contribution in [2.24, 2.45) is 0 Å². The number of hydrogen-bond donors (Lipinski definition) is 3. The predicted molar refractivity (Wildman–Crippen MR) is 134 cm³/mol. The number of hydrogen-bond acceptors (Lipinski definition) is 7. The van der Waals surface area contributed by atoms with Crippen LogP contribution in [0.1, 0.15) is 41.2 Å². The molecule has 2 aliphatic rings. The van der Waals surface area contributed by atoms with Crippen molar-refractivity contribution in [1.82, 2.24) is 10.6 Å². The number of phenolic OH excluding ortho intramolecular Hbond substituents is 1. The Balaban J connectivity index is 1.26. The summed E-state index contributed by atoms with van der Waals surface area (Å²) >= 11 is 0.903. The second-order valence-corrected chi connectivity index (χ2v) is 10.0. The van der Waals surface area contributed by atoms with Gasteiger partial charge >= 0.3 is 0 Å². The van der Waals surface area contributed by atoms with Crippen molar-refractivity contribution in [2.45, 2.75) is 46.1 Å². The normalized spacial score (nSPS) is 20.8. The number of carbonyl (C=O) groups excluding carboxylic acids is 2. The predicted octanol–water partition coefficient (Wildman–Crippen LogP) is 4.39. The summed E-state index contributed by atoms with van der Waals surface area (Å²) in [6, 6.07) is 7.39. The molecule has 3 N–H and O–H groups in total. The lowest BCUT2D eigenvalue weighted by molar-refractivity contribution is -0.115. The third-order valence-corrected chi connectivity index (χ3v) is 7.27. The monoisotopic (exact) mass is 482 g/mol.